The van der Waals surface area contributed by atoms with E-state index >= 15 is 0 Å². The van der Waals surface area contributed by atoms with E-state index in [0.29, 0.717) is 6.61 Å². The first kappa shape index (κ1) is 30.1. The number of carbonyl (C=O) groups excluding carboxylic acids is 3. The van der Waals surface area contributed by atoms with Crippen LogP contribution in [0.3, 0.4) is 0 Å². The van der Waals surface area contributed by atoms with Crippen LogP contribution in [0.5, 0.6) is 0 Å². The molecule has 9 heteroatoms. The fraction of sp³-hybridized carbons (Fsp3) is 0.690. The van der Waals surface area contributed by atoms with Gasteiger partial charge in [-0.3, -0.25) is 14.4 Å². The van der Waals surface area contributed by atoms with Crippen LogP contribution in [0.1, 0.15) is 66.7 Å². The fourth-order valence-electron chi connectivity index (χ4n) is 5.15. The zero-order chi connectivity index (χ0) is 27.9. The summed E-state index contributed by atoms with van der Waals surface area (Å²) in [6, 6.07) is -0.0919. The van der Waals surface area contributed by atoms with E-state index in [0.717, 1.165) is 31.3 Å². The molecular weight excluding hydrogens is 490 g/mol. The molecule has 1 spiro atoms. The van der Waals surface area contributed by atoms with Gasteiger partial charge >= 0.3 is 11.9 Å². The third-order valence-electron chi connectivity index (χ3n) is 7.38. The number of esters is 2. The number of rotatable bonds is 10. The van der Waals surface area contributed by atoms with E-state index in [9.17, 15) is 14.4 Å². The predicted molar refractivity (Wildman–Crippen MR) is 141 cm³/mol. The minimum absolute atomic E-state index is 0.0551. The summed E-state index contributed by atoms with van der Waals surface area (Å²) in [6.07, 6.45) is 11.7. The molecule has 38 heavy (non-hydrogen) atoms. The van der Waals surface area contributed by atoms with Crippen molar-refractivity contribution in [3.05, 3.63) is 36.0 Å². The Morgan fingerprint density at radius 3 is 2.53 bits per heavy atom. The first-order valence-electron chi connectivity index (χ1n) is 13.5. The second kappa shape index (κ2) is 13.5. The van der Waals surface area contributed by atoms with Gasteiger partial charge in [0.1, 0.15) is 6.10 Å². The number of hydrogen-bond acceptors (Lipinski definition) is 8. The standard InChI is InChI=1S/C29H43NO8/c1-18(7-10-23-15-29(17-35-29)16-24(38-23)14-28(33)34-6)8-11-26-19(2)13-25(21(4)37-26)30-27(32)12-9-20(3)36-22(5)31/h7-10,12,19-21,23-26H,11,13-17H2,1-6H3,(H,30,32)/b10-7+,12-9-,18-8+/t19-,20-,21+,23+,24+,25+,26-,29+/m0/s1. The van der Waals surface area contributed by atoms with Crippen molar-refractivity contribution in [1.29, 1.82) is 0 Å². The molecule has 3 aliphatic rings. The molecule has 0 saturated carbocycles. The molecule has 0 bridgehead atoms. The van der Waals surface area contributed by atoms with Crippen LogP contribution < -0.4 is 5.32 Å². The van der Waals surface area contributed by atoms with Crippen LogP contribution in [0.25, 0.3) is 0 Å². The second-order valence-corrected chi connectivity index (χ2v) is 10.9. The van der Waals surface area contributed by atoms with Crippen LogP contribution in [0.15, 0.2) is 36.0 Å². The van der Waals surface area contributed by atoms with Gasteiger partial charge in [-0.05, 0) is 45.6 Å². The number of nitrogens with one attached hydrogen (secondary N) is 1. The molecule has 3 aliphatic heterocycles. The van der Waals surface area contributed by atoms with Gasteiger partial charge in [-0.2, -0.15) is 0 Å². The van der Waals surface area contributed by atoms with Gasteiger partial charge in [0.05, 0.1) is 56.2 Å². The number of methoxy groups -OCH3 is 1. The minimum Gasteiger partial charge on any atom is -0.469 e. The van der Waals surface area contributed by atoms with Crippen LogP contribution in [0.2, 0.25) is 0 Å². The minimum atomic E-state index is -0.459. The van der Waals surface area contributed by atoms with Gasteiger partial charge in [0, 0.05) is 25.8 Å². The van der Waals surface area contributed by atoms with Crippen molar-refractivity contribution in [2.24, 2.45) is 5.92 Å². The molecule has 9 nitrogen and oxygen atoms in total. The highest BCUT2D eigenvalue weighted by molar-refractivity contribution is 5.87. The summed E-state index contributed by atoms with van der Waals surface area (Å²) in [5.41, 5.74) is 0.952. The van der Waals surface area contributed by atoms with E-state index in [4.69, 9.17) is 23.7 Å². The summed E-state index contributed by atoms with van der Waals surface area (Å²) in [5, 5.41) is 3.01. The Hall–Kier alpha value is -2.49. The first-order chi connectivity index (χ1) is 18.0. The van der Waals surface area contributed by atoms with Crippen LogP contribution >= 0.6 is 0 Å². The Morgan fingerprint density at radius 1 is 1.13 bits per heavy atom. The average molecular weight is 534 g/mol. The molecule has 8 atom stereocenters. The van der Waals surface area contributed by atoms with Gasteiger partial charge in [0.2, 0.25) is 5.91 Å². The Labute approximate surface area is 225 Å². The molecule has 0 unspecified atom stereocenters. The normalized spacial score (nSPS) is 34.3. The molecule has 0 aromatic rings. The highest BCUT2D eigenvalue weighted by Crippen LogP contribution is 2.43. The monoisotopic (exact) mass is 533 g/mol. The topological polar surface area (TPSA) is 113 Å². The van der Waals surface area contributed by atoms with Crippen LogP contribution in [0, 0.1) is 5.92 Å². The predicted octanol–water partition coefficient (Wildman–Crippen LogP) is 3.56. The lowest BCUT2D eigenvalue weighted by molar-refractivity contribution is -0.147. The second-order valence-electron chi connectivity index (χ2n) is 10.9. The zero-order valence-corrected chi connectivity index (χ0v) is 23.4. The molecule has 3 rings (SSSR count). The fourth-order valence-corrected chi connectivity index (χ4v) is 5.15. The largest absolute Gasteiger partial charge is 0.469 e. The maximum atomic E-state index is 12.3. The molecule has 0 radical (unpaired) electrons. The lowest BCUT2D eigenvalue weighted by atomic mass is 9.88. The number of amides is 1. The lowest BCUT2D eigenvalue weighted by Gasteiger charge is -2.39. The van der Waals surface area contributed by atoms with E-state index in [1.54, 1.807) is 13.0 Å². The summed E-state index contributed by atoms with van der Waals surface area (Å²) >= 11 is 0. The molecule has 1 N–H and O–H groups in total. The van der Waals surface area contributed by atoms with Crippen molar-refractivity contribution in [1.82, 2.24) is 5.32 Å². The Bertz CT molecular complexity index is 937. The summed E-state index contributed by atoms with van der Waals surface area (Å²) in [6.45, 7) is 9.93. The summed E-state index contributed by atoms with van der Waals surface area (Å²) < 4.78 is 27.9. The molecule has 1 amide bonds. The number of epoxide rings is 1. The maximum absolute atomic E-state index is 12.3. The van der Waals surface area contributed by atoms with E-state index in [-0.39, 0.29) is 66.2 Å². The van der Waals surface area contributed by atoms with Crippen LogP contribution in [0.4, 0.5) is 0 Å². The smallest absolute Gasteiger partial charge is 0.308 e. The van der Waals surface area contributed by atoms with Gasteiger partial charge in [-0.1, -0.05) is 30.7 Å². The van der Waals surface area contributed by atoms with Crippen molar-refractivity contribution in [2.45, 2.75) is 109 Å². The van der Waals surface area contributed by atoms with Crippen molar-refractivity contribution in [3.63, 3.8) is 0 Å². The Kier molecular flexibility index (Phi) is 10.7. The Balaban J connectivity index is 1.47. The molecule has 3 saturated heterocycles. The molecule has 212 valence electrons. The number of allylic oxidation sites excluding steroid dienone is 2. The SMILES string of the molecule is COC(=O)C[C@@H]1C[C@@]2(CO2)C[C@@H](/C=C/C(C)=C/C[C@@H]2O[C@H](C)[C@H](NC(=O)/C=C\[C@H](C)OC(C)=O)C[C@@H]2C)O1. The molecule has 0 aromatic heterocycles. The summed E-state index contributed by atoms with van der Waals surface area (Å²) in [7, 11) is 1.39. The van der Waals surface area contributed by atoms with Gasteiger partial charge < -0.3 is 29.0 Å². The molecular formula is C29H43NO8. The highest BCUT2D eigenvalue weighted by Gasteiger charge is 2.51. The maximum Gasteiger partial charge on any atom is 0.308 e. The molecule has 0 aromatic carbocycles. The number of carbonyl (C=O) groups is 3. The lowest BCUT2D eigenvalue weighted by Crippen LogP contribution is -2.50. The third kappa shape index (κ3) is 9.36. The highest BCUT2D eigenvalue weighted by atomic mass is 16.6. The van der Waals surface area contributed by atoms with Crippen molar-refractivity contribution < 1.29 is 38.1 Å². The average Bonchev–Trinajstić information content (AvgIpc) is 3.59. The van der Waals surface area contributed by atoms with E-state index in [1.165, 1.54) is 20.1 Å². The van der Waals surface area contributed by atoms with E-state index < -0.39 is 6.10 Å². The van der Waals surface area contributed by atoms with Gasteiger partial charge in [0.15, 0.2) is 0 Å². The zero-order valence-electron chi connectivity index (χ0n) is 23.4. The van der Waals surface area contributed by atoms with Crippen molar-refractivity contribution >= 4 is 17.8 Å². The van der Waals surface area contributed by atoms with Gasteiger partial charge in [-0.15, -0.1) is 0 Å². The van der Waals surface area contributed by atoms with Crippen LogP contribution in [-0.4, -0.2) is 73.7 Å². The first-order valence-corrected chi connectivity index (χ1v) is 13.5. The summed E-state index contributed by atoms with van der Waals surface area (Å²) in [5.74, 6) is -0.618. The number of ether oxygens (including phenoxy) is 5. The van der Waals surface area contributed by atoms with Crippen LogP contribution in [-0.2, 0) is 38.1 Å². The molecule has 0 aliphatic carbocycles. The van der Waals surface area contributed by atoms with E-state index in [2.05, 4.69) is 31.3 Å². The van der Waals surface area contributed by atoms with Gasteiger partial charge in [0.25, 0.3) is 0 Å². The third-order valence-corrected chi connectivity index (χ3v) is 7.38. The van der Waals surface area contributed by atoms with Gasteiger partial charge in [-0.25, -0.2) is 0 Å². The summed E-state index contributed by atoms with van der Waals surface area (Å²) in [4.78, 5) is 35.0. The van der Waals surface area contributed by atoms with Crippen molar-refractivity contribution in [3.8, 4) is 0 Å². The molecule has 3 heterocycles. The Morgan fingerprint density at radius 2 is 1.87 bits per heavy atom. The van der Waals surface area contributed by atoms with Crippen molar-refractivity contribution in [2.75, 3.05) is 13.7 Å². The molecule has 3 fully saturated rings. The number of hydrogen-bond donors (Lipinski definition) is 1. The van der Waals surface area contributed by atoms with E-state index in [1.807, 2.05) is 13.0 Å². The quantitative estimate of drug-likeness (QED) is 0.196.